The summed E-state index contributed by atoms with van der Waals surface area (Å²) in [6, 6.07) is 6.43. The molecule has 0 aliphatic heterocycles. The van der Waals surface area contributed by atoms with Gasteiger partial charge in [0, 0.05) is 17.0 Å². The Morgan fingerprint density at radius 1 is 1.19 bits per heavy atom. The van der Waals surface area contributed by atoms with Crippen molar-refractivity contribution in [2.45, 2.75) is 31.7 Å². The quantitative estimate of drug-likeness (QED) is 0.694. The largest absolute Gasteiger partial charge is 0.359 e. The van der Waals surface area contributed by atoms with Gasteiger partial charge in [0.25, 0.3) is 0 Å². The second kappa shape index (κ2) is 5.04. The first-order valence-electron chi connectivity index (χ1n) is 7.22. The van der Waals surface area contributed by atoms with Gasteiger partial charge in [-0.15, -0.1) is 11.3 Å². The van der Waals surface area contributed by atoms with Crippen LogP contribution in [-0.4, -0.2) is 21.0 Å². The summed E-state index contributed by atoms with van der Waals surface area (Å²) < 4.78 is 0. The Morgan fingerprint density at radius 3 is 2.86 bits per heavy atom. The number of fused-ring (bicyclic) bond motifs is 1. The van der Waals surface area contributed by atoms with Crippen molar-refractivity contribution in [1.82, 2.24) is 15.0 Å². The second-order valence-corrected chi connectivity index (χ2v) is 6.36. The lowest BCUT2D eigenvalue weighted by molar-refractivity contribution is 0.754. The topological polar surface area (TPSA) is 73.6 Å². The predicted octanol–water partition coefficient (Wildman–Crippen LogP) is 3.33. The SMILES string of the molecule is O=c1[nH]c2ccc(-c3csc(NC4CCCC4)n3)cc2[nH]1. The van der Waals surface area contributed by atoms with Crippen LogP contribution in [-0.2, 0) is 0 Å². The van der Waals surface area contributed by atoms with Gasteiger partial charge in [-0.2, -0.15) is 0 Å². The van der Waals surface area contributed by atoms with E-state index in [1.165, 1.54) is 25.7 Å². The van der Waals surface area contributed by atoms with Gasteiger partial charge in [0.05, 0.1) is 16.7 Å². The highest BCUT2D eigenvalue weighted by atomic mass is 32.1. The molecule has 3 N–H and O–H groups in total. The third-order valence-corrected chi connectivity index (χ3v) is 4.77. The van der Waals surface area contributed by atoms with Crippen molar-refractivity contribution in [3.63, 3.8) is 0 Å². The Balaban J connectivity index is 1.62. The predicted molar refractivity (Wildman–Crippen MR) is 85.9 cm³/mol. The minimum Gasteiger partial charge on any atom is -0.359 e. The van der Waals surface area contributed by atoms with E-state index in [0.717, 1.165) is 27.4 Å². The molecule has 0 amide bonds. The zero-order valence-corrected chi connectivity index (χ0v) is 12.3. The van der Waals surface area contributed by atoms with Crippen LogP contribution in [0.1, 0.15) is 25.7 Å². The summed E-state index contributed by atoms with van der Waals surface area (Å²) in [6.07, 6.45) is 5.11. The van der Waals surface area contributed by atoms with E-state index in [1.54, 1.807) is 11.3 Å². The standard InChI is InChI=1S/C15H16N4OS/c20-14-17-11-6-5-9(7-12(11)18-14)13-8-21-15(19-13)16-10-3-1-2-4-10/h5-8,10H,1-4H2,(H,16,19)(H2,17,18,20). The van der Waals surface area contributed by atoms with Gasteiger partial charge < -0.3 is 15.3 Å². The first-order valence-corrected chi connectivity index (χ1v) is 8.10. The molecule has 0 bridgehead atoms. The summed E-state index contributed by atoms with van der Waals surface area (Å²) >= 11 is 1.64. The van der Waals surface area contributed by atoms with E-state index in [4.69, 9.17) is 0 Å². The molecule has 3 aromatic rings. The number of nitrogens with zero attached hydrogens (tertiary/aromatic N) is 1. The average Bonchev–Trinajstić information content (AvgIpc) is 3.18. The van der Waals surface area contributed by atoms with Crippen LogP contribution in [0.5, 0.6) is 0 Å². The molecule has 2 aromatic heterocycles. The van der Waals surface area contributed by atoms with Gasteiger partial charge in [-0.05, 0) is 25.0 Å². The van der Waals surface area contributed by atoms with Crippen LogP contribution in [0.25, 0.3) is 22.3 Å². The summed E-state index contributed by atoms with van der Waals surface area (Å²) in [6.45, 7) is 0. The number of aromatic nitrogens is 3. The number of H-pyrrole nitrogens is 2. The number of aromatic amines is 2. The minimum absolute atomic E-state index is 0.177. The highest BCUT2D eigenvalue weighted by molar-refractivity contribution is 7.14. The Kier molecular flexibility index (Phi) is 3.03. The van der Waals surface area contributed by atoms with Crippen molar-refractivity contribution in [2.75, 3.05) is 5.32 Å². The molecule has 1 aliphatic carbocycles. The molecule has 1 aromatic carbocycles. The molecule has 0 radical (unpaired) electrons. The Morgan fingerprint density at radius 2 is 2.00 bits per heavy atom. The summed E-state index contributed by atoms with van der Waals surface area (Å²) in [4.78, 5) is 21.5. The number of thiazole rings is 1. The first-order chi connectivity index (χ1) is 10.3. The zero-order valence-electron chi connectivity index (χ0n) is 11.5. The van der Waals surface area contributed by atoms with E-state index in [-0.39, 0.29) is 5.69 Å². The molecule has 1 saturated carbocycles. The molecule has 1 fully saturated rings. The van der Waals surface area contributed by atoms with Crippen molar-refractivity contribution >= 4 is 27.5 Å². The third-order valence-electron chi connectivity index (χ3n) is 4.00. The van der Waals surface area contributed by atoms with Crippen LogP contribution in [0.15, 0.2) is 28.4 Å². The van der Waals surface area contributed by atoms with Crippen LogP contribution < -0.4 is 11.0 Å². The molecule has 0 unspecified atom stereocenters. The maximum atomic E-state index is 11.3. The summed E-state index contributed by atoms with van der Waals surface area (Å²) in [7, 11) is 0. The molecular formula is C15H16N4OS. The number of hydrogen-bond acceptors (Lipinski definition) is 4. The van der Waals surface area contributed by atoms with Crippen molar-refractivity contribution in [3.05, 3.63) is 34.1 Å². The maximum absolute atomic E-state index is 11.3. The van der Waals surface area contributed by atoms with E-state index in [9.17, 15) is 4.79 Å². The van der Waals surface area contributed by atoms with Crippen LogP contribution >= 0.6 is 11.3 Å². The molecule has 4 rings (SSSR count). The van der Waals surface area contributed by atoms with Gasteiger partial charge in [-0.25, -0.2) is 9.78 Å². The zero-order chi connectivity index (χ0) is 14.2. The Hall–Kier alpha value is -2.08. The van der Waals surface area contributed by atoms with Gasteiger partial charge in [0.1, 0.15) is 0 Å². The molecule has 6 heteroatoms. The first kappa shape index (κ1) is 12.6. The Bertz CT molecular complexity index is 825. The third kappa shape index (κ3) is 2.47. The average molecular weight is 300 g/mol. The fourth-order valence-electron chi connectivity index (χ4n) is 2.91. The van der Waals surface area contributed by atoms with E-state index >= 15 is 0 Å². The minimum atomic E-state index is -0.177. The van der Waals surface area contributed by atoms with Gasteiger partial charge in [-0.3, -0.25) is 0 Å². The van der Waals surface area contributed by atoms with Gasteiger partial charge >= 0.3 is 5.69 Å². The van der Waals surface area contributed by atoms with E-state index in [0.29, 0.717) is 6.04 Å². The molecular weight excluding hydrogens is 284 g/mol. The summed E-state index contributed by atoms with van der Waals surface area (Å²) in [5.74, 6) is 0. The second-order valence-electron chi connectivity index (χ2n) is 5.50. The number of anilines is 1. The fourth-order valence-corrected chi connectivity index (χ4v) is 3.71. The fraction of sp³-hybridized carbons (Fsp3) is 0.333. The highest BCUT2D eigenvalue weighted by Gasteiger charge is 2.16. The van der Waals surface area contributed by atoms with Crippen molar-refractivity contribution in [1.29, 1.82) is 0 Å². The van der Waals surface area contributed by atoms with Gasteiger partial charge in [-0.1, -0.05) is 18.9 Å². The van der Waals surface area contributed by atoms with Crippen molar-refractivity contribution in [3.8, 4) is 11.3 Å². The van der Waals surface area contributed by atoms with Crippen molar-refractivity contribution in [2.24, 2.45) is 0 Å². The number of benzene rings is 1. The summed E-state index contributed by atoms with van der Waals surface area (Å²) in [5, 5.41) is 6.56. The highest BCUT2D eigenvalue weighted by Crippen LogP contribution is 2.29. The molecule has 2 heterocycles. The van der Waals surface area contributed by atoms with Crippen LogP contribution in [0.2, 0.25) is 0 Å². The number of nitrogens with one attached hydrogen (secondary N) is 3. The number of hydrogen-bond donors (Lipinski definition) is 3. The molecule has 108 valence electrons. The lowest BCUT2D eigenvalue weighted by Crippen LogP contribution is -2.13. The summed E-state index contributed by atoms with van der Waals surface area (Å²) in [5.41, 5.74) is 3.43. The lowest BCUT2D eigenvalue weighted by atomic mass is 10.1. The van der Waals surface area contributed by atoms with E-state index in [1.807, 2.05) is 18.2 Å². The smallest absolute Gasteiger partial charge is 0.323 e. The monoisotopic (exact) mass is 300 g/mol. The maximum Gasteiger partial charge on any atom is 0.323 e. The van der Waals surface area contributed by atoms with Crippen LogP contribution in [0, 0.1) is 0 Å². The van der Waals surface area contributed by atoms with Crippen molar-refractivity contribution < 1.29 is 0 Å². The molecule has 21 heavy (non-hydrogen) atoms. The molecule has 0 atom stereocenters. The lowest BCUT2D eigenvalue weighted by Gasteiger charge is -2.09. The van der Waals surface area contributed by atoms with E-state index < -0.39 is 0 Å². The molecule has 0 saturated heterocycles. The number of rotatable bonds is 3. The van der Waals surface area contributed by atoms with Crippen LogP contribution in [0.3, 0.4) is 0 Å². The molecule has 5 nitrogen and oxygen atoms in total. The molecule has 1 aliphatic rings. The Labute approximate surface area is 125 Å². The van der Waals surface area contributed by atoms with E-state index in [2.05, 4.69) is 25.6 Å². The van der Waals surface area contributed by atoms with Crippen LogP contribution in [0.4, 0.5) is 5.13 Å². The van der Waals surface area contributed by atoms with Gasteiger partial charge in [0.2, 0.25) is 0 Å². The normalized spacial score (nSPS) is 15.8. The van der Waals surface area contributed by atoms with Gasteiger partial charge in [0.15, 0.2) is 5.13 Å². The molecule has 0 spiro atoms. The number of imidazole rings is 1.